The summed E-state index contributed by atoms with van der Waals surface area (Å²) in [5.41, 5.74) is 2.13. The summed E-state index contributed by atoms with van der Waals surface area (Å²) >= 11 is 0. The number of carbonyl (C=O) groups excluding carboxylic acids is 1. The van der Waals surface area contributed by atoms with Gasteiger partial charge in [0, 0.05) is 12.2 Å². The van der Waals surface area contributed by atoms with Crippen LogP contribution < -0.4 is 5.32 Å². The summed E-state index contributed by atoms with van der Waals surface area (Å²) in [5.74, 6) is 0. The number of carbonyl (C=O) groups is 1. The van der Waals surface area contributed by atoms with Crippen LogP contribution in [0.25, 0.3) is 0 Å². The Kier molecular flexibility index (Phi) is 3.35. The number of likely N-dealkylation sites (tertiary alicyclic amines) is 1. The molecule has 0 radical (unpaired) electrons. The predicted molar refractivity (Wildman–Crippen MR) is 60.6 cm³/mol. The van der Waals surface area contributed by atoms with E-state index in [2.05, 4.69) is 16.3 Å². The number of hydrogen-bond donors (Lipinski definition) is 1. The van der Waals surface area contributed by atoms with Crippen molar-refractivity contribution in [3.63, 3.8) is 0 Å². The zero-order chi connectivity index (χ0) is 10.5. The number of hydrogen-bond acceptors (Lipinski definition) is 2. The van der Waals surface area contributed by atoms with E-state index < -0.39 is 0 Å². The van der Waals surface area contributed by atoms with Crippen molar-refractivity contribution in [3.8, 4) is 0 Å². The van der Waals surface area contributed by atoms with Crippen LogP contribution in [0.2, 0.25) is 0 Å². The van der Waals surface area contributed by atoms with Gasteiger partial charge in [0.1, 0.15) is 0 Å². The van der Waals surface area contributed by atoms with E-state index in [0.717, 1.165) is 18.6 Å². The zero-order valence-electron chi connectivity index (χ0n) is 8.78. The maximum atomic E-state index is 10.4. The summed E-state index contributed by atoms with van der Waals surface area (Å²) in [6.45, 7) is 3.29. The molecule has 3 heteroatoms. The summed E-state index contributed by atoms with van der Waals surface area (Å²) in [6, 6.07) is 7.98. The van der Waals surface area contributed by atoms with E-state index in [4.69, 9.17) is 0 Å². The molecule has 0 aliphatic carbocycles. The Labute approximate surface area is 90.1 Å². The van der Waals surface area contributed by atoms with Gasteiger partial charge in [-0.2, -0.15) is 0 Å². The minimum Gasteiger partial charge on any atom is -0.328 e. The molecule has 0 aromatic heterocycles. The second-order valence-electron chi connectivity index (χ2n) is 3.90. The molecule has 2 rings (SSSR count). The molecule has 1 aliphatic rings. The molecular formula is C12H16N2O. The van der Waals surface area contributed by atoms with Gasteiger partial charge in [-0.15, -0.1) is 0 Å². The second-order valence-corrected chi connectivity index (χ2v) is 3.90. The first-order valence-electron chi connectivity index (χ1n) is 5.40. The number of benzene rings is 1. The van der Waals surface area contributed by atoms with Crippen LogP contribution in [0.1, 0.15) is 18.4 Å². The lowest BCUT2D eigenvalue weighted by molar-refractivity contribution is -0.105. The number of para-hydroxylation sites is 1. The number of amides is 1. The van der Waals surface area contributed by atoms with Crippen molar-refractivity contribution in [2.75, 3.05) is 18.4 Å². The monoisotopic (exact) mass is 204 g/mol. The minimum absolute atomic E-state index is 0.739. The number of nitrogens with one attached hydrogen (secondary N) is 1. The highest BCUT2D eigenvalue weighted by Crippen LogP contribution is 2.19. The van der Waals surface area contributed by atoms with E-state index in [1.165, 1.54) is 31.5 Å². The van der Waals surface area contributed by atoms with Crippen molar-refractivity contribution in [2.45, 2.75) is 19.4 Å². The van der Waals surface area contributed by atoms with Gasteiger partial charge in [-0.05, 0) is 37.6 Å². The molecule has 15 heavy (non-hydrogen) atoms. The van der Waals surface area contributed by atoms with Crippen LogP contribution in [0.15, 0.2) is 24.3 Å². The number of nitrogens with zero attached hydrogens (tertiary/aromatic N) is 1. The van der Waals surface area contributed by atoms with Crippen molar-refractivity contribution in [2.24, 2.45) is 0 Å². The molecule has 80 valence electrons. The Bertz CT molecular complexity index is 332. The average Bonchev–Trinajstić information content (AvgIpc) is 2.74. The van der Waals surface area contributed by atoms with Crippen LogP contribution >= 0.6 is 0 Å². The molecule has 0 atom stereocenters. The van der Waals surface area contributed by atoms with Crippen LogP contribution in [0.3, 0.4) is 0 Å². The van der Waals surface area contributed by atoms with Gasteiger partial charge in [-0.25, -0.2) is 0 Å². The summed E-state index contributed by atoms with van der Waals surface area (Å²) in [6.07, 6.45) is 3.33. The van der Waals surface area contributed by atoms with Gasteiger partial charge < -0.3 is 5.32 Å². The Morgan fingerprint density at radius 2 is 2.00 bits per heavy atom. The fraction of sp³-hybridized carbons (Fsp3) is 0.417. The molecule has 1 amide bonds. The summed E-state index contributed by atoms with van der Waals surface area (Å²) in [5, 5.41) is 2.74. The Balaban J connectivity index is 2.08. The molecule has 1 N–H and O–H groups in total. The third kappa shape index (κ3) is 2.57. The molecule has 0 saturated carbocycles. The van der Waals surface area contributed by atoms with E-state index in [9.17, 15) is 4.79 Å². The molecule has 0 spiro atoms. The molecule has 1 aromatic carbocycles. The van der Waals surface area contributed by atoms with Crippen molar-refractivity contribution in [3.05, 3.63) is 29.8 Å². The van der Waals surface area contributed by atoms with Gasteiger partial charge in [0.2, 0.25) is 6.41 Å². The van der Waals surface area contributed by atoms with Crippen LogP contribution in [-0.2, 0) is 11.3 Å². The Hall–Kier alpha value is -1.35. The summed E-state index contributed by atoms with van der Waals surface area (Å²) in [4.78, 5) is 12.9. The van der Waals surface area contributed by atoms with Crippen molar-refractivity contribution in [1.82, 2.24) is 4.90 Å². The van der Waals surface area contributed by atoms with E-state index in [0.29, 0.717) is 0 Å². The van der Waals surface area contributed by atoms with Gasteiger partial charge in [0.25, 0.3) is 0 Å². The smallest absolute Gasteiger partial charge is 0.211 e. The molecule has 1 aromatic rings. The van der Waals surface area contributed by atoms with Gasteiger partial charge in [-0.1, -0.05) is 18.2 Å². The maximum Gasteiger partial charge on any atom is 0.211 e. The normalized spacial score (nSPS) is 16.5. The first-order chi connectivity index (χ1) is 7.40. The molecule has 0 unspecified atom stereocenters. The second kappa shape index (κ2) is 4.94. The molecule has 1 saturated heterocycles. The first kappa shape index (κ1) is 10.2. The lowest BCUT2D eigenvalue weighted by atomic mass is 10.1. The van der Waals surface area contributed by atoms with Gasteiger partial charge in [0.15, 0.2) is 0 Å². The molecule has 0 bridgehead atoms. The SMILES string of the molecule is O=CNc1ccccc1CN1CCCC1. The standard InChI is InChI=1S/C12H16N2O/c15-10-13-12-6-2-1-5-11(12)9-14-7-3-4-8-14/h1-2,5-6,10H,3-4,7-9H2,(H,13,15). The quantitative estimate of drug-likeness (QED) is 0.759. The van der Waals surface area contributed by atoms with Crippen LogP contribution in [0, 0.1) is 0 Å². The Morgan fingerprint density at radius 1 is 1.27 bits per heavy atom. The maximum absolute atomic E-state index is 10.4. The lowest BCUT2D eigenvalue weighted by Gasteiger charge is -2.16. The van der Waals surface area contributed by atoms with Crippen molar-refractivity contribution < 1.29 is 4.79 Å². The zero-order valence-corrected chi connectivity index (χ0v) is 8.78. The predicted octanol–water partition coefficient (Wildman–Crippen LogP) is 1.85. The van der Waals surface area contributed by atoms with Gasteiger partial charge >= 0.3 is 0 Å². The highest BCUT2D eigenvalue weighted by Gasteiger charge is 2.13. The molecule has 1 aliphatic heterocycles. The lowest BCUT2D eigenvalue weighted by Crippen LogP contribution is -2.19. The van der Waals surface area contributed by atoms with Gasteiger partial charge in [0.05, 0.1) is 0 Å². The summed E-state index contributed by atoms with van der Waals surface area (Å²) < 4.78 is 0. The largest absolute Gasteiger partial charge is 0.328 e. The number of rotatable bonds is 4. The highest BCUT2D eigenvalue weighted by atomic mass is 16.1. The fourth-order valence-corrected chi connectivity index (χ4v) is 2.04. The molecule has 1 fully saturated rings. The van der Waals surface area contributed by atoms with E-state index in [1.807, 2.05) is 18.2 Å². The van der Waals surface area contributed by atoms with E-state index in [1.54, 1.807) is 0 Å². The minimum atomic E-state index is 0.739. The molecular weight excluding hydrogens is 188 g/mol. The fourth-order valence-electron chi connectivity index (χ4n) is 2.04. The summed E-state index contributed by atoms with van der Waals surface area (Å²) in [7, 11) is 0. The Morgan fingerprint density at radius 3 is 2.73 bits per heavy atom. The number of anilines is 1. The van der Waals surface area contributed by atoms with E-state index in [-0.39, 0.29) is 0 Å². The third-order valence-corrected chi connectivity index (χ3v) is 2.82. The van der Waals surface area contributed by atoms with Crippen LogP contribution in [0.5, 0.6) is 0 Å². The van der Waals surface area contributed by atoms with Crippen LogP contribution in [0.4, 0.5) is 5.69 Å². The molecule has 3 nitrogen and oxygen atoms in total. The van der Waals surface area contributed by atoms with Crippen LogP contribution in [-0.4, -0.2) is 24.4 Å². The first-order valence-corrected chi connectivity index (χ1v) is 5.40. The highest BCUT2D eigenvalue weighted by molar-refractivity contribution is 5.73. The van der Waals surface area contributed by atoms with Crippen molar-refractivity contribution >= 4 is 12.1 Å². The average molecular weight is 204 g/mol. The topological polar surface area (TPSA) is 32.3 Å². The van der Waals surface area contributed by atoms with Crippen molar-refractivity contribution in [1.29, 1.82) is 0 Å². The molecule has 1 heterocycles. The van der Waals surface area contributed by atoms with E-state index >= 15 is 0 Å². The van der Waals surface area contributed by atoms with Gasteiger partial charge in [-0.3, -0.25) is 9.69 Å². The third-order valence-electron chi connectivity index (χ3n) is 2.82.